The maximum atomic E-state index is 9.90. The van der Waals surface area contributed by atoms with Gasteiger partial charge >= 0.3 is 0 Å². The van der Waals surface area contributed by atoms with Gasteiger partial charge in [-0.1, -0.05) is 40.2 Å². The second-order valence-corrected chi connectivity index (χ2v) is 8.58. The van der Waals surface area contributed by atoms with Crippen molar-refractivity contribution in [3.05, 3.63) is 56.0 Å². The minimum absolute atomic E-state index is 0.181. The SMILES string of the molecule is CC(O)(CO)C(Br)OCc1ccc(Cc2cc(O)c(O)c(Br)c2Br)cc1. The summed E-state index contributed by atoms with van der Waals surface area (Å²) in [6.45, 7) is 1.35. The summed E-state index contributed by atoms with van der Waals surface area (Å²) in [5.74, 6) is -0.379. The van der Waals surface area contributed by atoms with Crippen LogP contribution in [0.1, 0.15) is 23.6 Å². The molecule has 2 aromatic rings. The summed E-state index contributed by atoms with van der Waals surface area (Å²) in [5.41, 5.74) is 1.40. The number of aliphatic hydroxyl groups excluding tert-OH is 1. The van der Waals surface area contributed by atoms with Crippen molar-refractivity contribution in [3.8, 4) is 11.5 Å². The topological polar surface area (TPSA) is 90.2 Å². The Balaban J connectivity index is 2.05. The van der Waals surface area contributed by atoms with Gasteiger partial charge in [0, 0.05) is 4.47 Å². The molecule has 2 unspecified atom stereocenters. The number of aliphatic hydroxyl groups is 2. The van der Waals surface area contributed by atoms with Gasteiger partial charge in [-0.15, -0.1) is 0 Å². The van der Waals surface area contributed by atoms with Gasteiger partial charge in [0.05, 0.1) is 17.7 Å². The molecular weight excluding hydrogens is 536 g/mol. The Hall–Kier alpha value is -0.640. The molecule has 142 valence electrons. The highest BCUT2D eigenvalue weighted by Crippen LogP contribution is 2.41. The molecule has 0 saturated heterocycles. The zero-order chi connectivity index (χ0) is 19.5. The first-order valence-electron chi connectivity index (χ1n) is 7.71. The molecule has 2 rings (SSSR count). The van der Waals surface area contributed by atoms with Gasteiger partial charge in [0.15, 0.2) is 11.5 Å². The smallest absolute Gasteiger partial charge is 0.173 e. The fourth-order valence-corrected chi connectivity index (χ4v) is 3.35. The van der Waals surface area contributed by atoms with Gasteiger partial charge in [-0.05, 0) is 68.0 Å². The highest BCUT2D eigenvalue weighted by Gasteiger charge is 2.29. The average Bonchev–Trinajstić information content (AvgIpc) is 2.63. The van der Waals surface area contributed by atoms with Crippen LogP contribution in [0.4, 0.5) is 0 Å². The summed E-state index contributed by atoms with van der Waals surface area (Å²) < 4.78 is 6.64. The maximum Gasteiger partial charge on any atom is 0.173 e. The lowest BCUT2D eigenvalue weighted by atomic mass is 10.0. The van der Waals surface area contributed by atoms with E-state index in [2.05, 4.69) is 47.8 Å². The van der Waals surface area contributed by atoms with Crippen LogP contribution in [0, 0.1) is 0 Å². The van der Waals surface area contributed by atoms with Gasteiger partial charge in [0.1, 0.15) is 10.6 Å². The first kappa shape index (κ1) is 21.7. The first-order chi connectivity index (χ1) is 12.2. The Labute approximate surface area is 177 Å². The third-order valence-corrected chi connectivity index (χ3v) is 7.32. The minimum Gasteiger partial charge on any atom is -0.504 e. The lowest BCUT2D eigenvalue weighted by molar-refractivity contribution is -0.0838. The molecule has 0 aliphatic heterocycles. The van der Waals surface area contributed by atoms with Crippen LogP contribution in [0.2, 0.25) is 0 Å². The molecule has 0 aromatic heterocycles. The van der Waals surface area contributed by atoms with Crippen LogP contribution >= 0.6 is 47.8 Å². The Kier molecular flexibility index (Phi) is 7.52. The molecule has 0 bridgehead atoms. The fraction of sp³-hybridized carbons (Fsp3) is 0.333. The lowest BCUT2D eigenvalue weighted by Gasteiger charge is -2.26. The van der Waals surface area contributed by atoms with Crippen molar-refractivity contribution in [2.45, 2.75) is 30.6 Å². The number of halogens is 3. The van der Waals surface area contributed by atoms with Gasteiger partial charge < -0.3 is 25.2 Å². The van der Waals surface area contributed by atoms with E-state index in [1.54, 1.807) is 0 Å². The molecule has 0 heterocycles. The molecular formula is C18H19Br3O5. The molecule has 2 atom stereocenters. The van der Waals surface area contributed by atoms with E-state index < -0.39 is 17.2 Å². The van der Waals surface area contributed by atoms with Crippen LogP contribution in [0.5, 0.6) is 11.5 Å². The highest BCUT2D eigenvalue weighted by atomic mass is 79.9. The third-order valence-electron chi connectivity index (χ3n) is 3.86. The predicted molar refractivity (Wildman–Crippen MR) is 110 cm³/mol. The number of phenolic OH excluding ortho intramolecular Hbond substituents is 2. The second-order valence-electron chi connectivity index (χ2n) is 6.17. The predicted octanol–water partition coefficient (Wildman–Crippen LogP) is 4.19. The Morgan fingerprint density at radius 2 is 1.65 bits per heavy atom. The summed E-state index contributed by atoms with van der Waals surface area (Å²) in [6.07, 6.45) is 0.564. The van der Waals surface area contributed by atoms with E-state index in [-0.39, 0.29) is 18.1 Å². The largest absolute Gasteiger partial charge is 0.504 e. The van der Waals surface area contributed by atoms with E-state index in [0.29, 0.717) is 15.4 Å². The van der Waals surface area contributed by atoms with Crippen LogP contribution in [0.15, 0.2) is 39.3 Å². The molecule has 0 radical (unpaired) electrons. The monoisotopic (exact) mass is 552 g/mol. The van der Waals surface area contributed by atoms with E-state index in [9.17, 15) is 15.3 Å². The van der Waals surface area contributed by atoms with Gasteiger partial charge in [0.25, 0.3) is 0 Å². The molecule has 0 saturated carbocycles. The van der Waals surface area contributed by atoms with E-state index >= 15 is 0 Å². The van der Waals surface area contributed by atoms with E-state index in [0.717, 1.165) is 16.7 Å². The van der Waals surface area contributed by atoms with Crippen molar-refractivity contribution < 1.29 is 25.2 Å². The molecule has 26 heavy (non-hydrogen) atoms. The minimum atomic E-state index is -1.36. The van der Waals surface area contributed by atoms with Gasteiger partial charge in [-0.3, -0.25) is 0 Å². The maximum absolute atomic E-state index is 9.90. The first-order valence-corrected chi connectivity index (χ1v) is 10.2. The summed E-state index contributed by atoms with van der Waals surface area (Å²) in [6, 6.07) is 9.22. The van der Waals surface area contributed by atoms with Crippen LogP contribution in [0.25, 0.3) is 0 Å². The summed E-state index contributed by atoms with van der Waals surface area (Å²) in [4.78, 5) is 0. The van der Waals surface area contributed by atoms with Crippen LogP contribution in [-0.2, 0) is 17.8 Å². The van der Waals surface area contributed by atoms with Gasteiger partial charge in [-0.25, -0.2) is 0 Å². The Bertz CT molecular complexity index is 762. The molecule has 4 N–H and O–H groups in total. The average molecular weight is 555 g/mol. The number of hydrogen-bond donors (Lipinski definition) is 4. The second kappa shape index (κ2) is 9.03. The highest BCUT2D eigenvalue weighted by molar-refractivity contribution is 9.13. The van der Waals surface area contributed by atoms with Crippen LogP contribution in [0.3, 0.4) is 0 Å². The van der Waals surface area contributed by atoms with Crippen molar-refractivity contribution in [3.63, 3.8) is 0 Å². The summed E-state index contributed by atoms with van der Waals surface area (Å²) in [7, 11) is 0. The van der Waals surface area contributed by atoms with E-state index in [1.807, 2.05) is 24.3 Å². The van der Waals surface area contributed by atoms with Crippen molar-refractivity contribution >= 4 is 47.8 Å². The van der Waals surface area contributed by atoms with Crippen molar-refractivity contribution in [1.29, 1.82) is 0 Å². The third kappa shape index (κ3) is 5.21. The molecule has 2 aromatic carbocycles. The number of aromatic hydroxyl groups is 2. The van der Waals surface area contributed by atoms with E-state index in [1.165, 1.54) is 13.0 Å². The quantitative estimate of drug-likeness (QED) is 0.304. The molecule has 8 heteroatoms. The van der Waals surface area contributed by atoms with Gasteiger partial charge in [0.2, 0.25) is 0 Å². The summed E-state index contributed by atoms with van der Waals surface area (Å²) in [5, 5.41) is 37.8. The fourth-order valence-electron chi connectivity index (χ4n) is 2.18. The molecule has 0 aliphatic rings. The molecule has 5 nitrogen and oxygen atoms in total. The number of ether oxygens (including phenoxy) is 1. The zero-order valence-electron chi connectivity index (χ0n) is 13.9. The molecule has 0 amide bonds. The number of alkyl halides is 1. The van der Waals surface area contributed by atoms with Crippen molar-refractivity contribution in [2.75, 3.05) is 6.61 Å². The molecule has 0 fully saturated rings. The Morgan fingerprint density at radius 3 is 2.23 bits per heavy atom. The Morgan fingerprint density at radius 1 is 1.08 bits per heavy atom. The number of rotatable bonds is 7. The zero-order valence-corrected chi connectivity index (χ0v) is 18.7. The normalized spacial score (nSPS) is 14.8. The van der Waals surface area contributed by atoms with Crippen LogP contribution < -0.4 is 0 Å². The van der Waals surface area contributed by atoms with Gasteiger partial charge in [-0.2, -0.15) is 0 Å². The van der Waals surface area contributed by atoms with Crippen molar-refractivity contribution in [1.82, 2.24) is 0 Å². The number of benzene rings is 2. The lowest BCUT2D eigenvalue weighted by Crippen LogP contribution is -2.40. The van der Waals surface area contributed by atoms with Crippen LogP contribution in [-0.4, -0.2) is 37.6 Å². The summed E-state index contributed by atoms with van der Waals surface area (Å²) >= 11 is 9.88. The standard InChI is InChI=1S/C18H19Br3O5/c1-18(25,9-22)17(21)26-8-11-4-2-10(3-5-11)6-12-7-13(23)16(24)15(20)14(12)19/h2-5,7,17,22-25H,6,8-9H2,1H3. The molecule has 0 aliphatic carbocycles. The number of hydrogen-bond acceptors (Lipinski definition) is 5. The molecule has 0 spiro atoms. The number of phenols is 2. The van der Waals surface area contributed by atoms with E-state index in [4.69, 9.17) is 9.84 Å². The van der Waals surface area contributed by atoms with Crippen molar-refractivity contribution in [2.24, 2.45) is 0 Å².